The van der Waals surface area contributed by atoms with E-state index >= 15 is 0 Å². The molecule has 1 saturated carbocycles. The molecule has 19 heavy (non-hydrogen) atoms. The Morgan fingerprint density at radius 1 is 1.37 bits per heavy atom. The zero-order valence-corrected chi connectivity index (χ0v) is 11.9. The maximum absolute atomic E-state index is 12.5. The predicted molar refractivity (Wildman–Crippen MR) is 70.3 cm³/mol. The molecule has 0 spiro atoms. The van der Waals surface area contributed by atoms with Crippen LogP contribution in [0.3, 0.4) is 0 Å². The highest BCUT2D eigenvalue weighted by atomic mass is 35.5. The number of aliphatic hydroxyl groups is 1. The van der Waals surface area contributed by atoms with E-state index in [1.165, 1.54) is 16.7 Å². The van der Waals surface area contributed by atoms with Gasteiger partial charge in [-0.25, -0.2) is 18.4 Å². The van der Waals surface area contributed by atoms with Gasteiger partial charge < -0.3 is 5.11 Å². The summed E-state index contributed by atoms with van der Waals surface area (Å²) in [4.78, 5) is 7.46. The van der Waals surface area contributed by atoms with Crippen molar-refractivity contribution in [2.24, 2.45) is 0 Å². The molecule has 1 fully saturated rings. The summed E-state index contributed by atoms with van der Waals surface area (Å²) >= 11 is 5.56. The van der Waals surface area contributed by atoms with E-state index in [-0.39, 0.29) is 22.8 Å². The van der Waals surface area contributed by atoms with Crippen molar-refractivity contribution in [3.63, 3.8) is 0 Å². The van der Waals surface area contributed by atoms with Gasteiger partial charge in [0.15, 0.2) is 0 Å². The Labute approximate surface area is 117 Å². The third kappa shape index (κ3) is 3.22. The van der Waals surface area contributed by atoms with Crippen molar-refractivity contribution in [2.45, 2.75) is 36.6 Å². The van der Waals surface area contributed by atoms with Gasteiger partial charge in [-0.1, -0.05) is 6.42 Å². The Balaban J connectivity index is 2.24. The molecule has 8 heteroatoms. The lowest BCUT2D eigenvalue weighted by atomic mass is 9.93. The zero-order chi connectivity index (χ0) is 13.9. The molecule has 0 saturated heterocycles. The van der Waals surface area contributed by atoms with Crippen molar-refractivity contribution in [3.8, 4) is 0 Å². The molecule has 0 bridgehead atoms. The second kappa shape index (κ2) is 6.13. The molecular formula is C11H16ClN3O3S. The average Bonchev–Trinajstić information content (AvgIpc) is 2.32. The Morgan fingerprint density at radius 2 is 2.00 bits per heavy atom. The highest BCUT2D eigenvalue weighted by Gasteiger charge is 2.34. The van der Waals surface area contributed by atoms with Gasteiger partial charge in [-0.3, -0.25) is 0 Å². The normalized spacial score (nSPS) is 16.6. The van der Waals surface area contributed by atoms with Crippen molar-refractivity contribution < 1.29 is 13.5 Å². The summed E-state index contributed by atoms with van der Waals surface area (Å²) in [6.45, 7) is 0.280. The smallest absolute Gasteiger partial charge is 0.246 e. The molecule has 106 valence electrons. The molecule has 0 aromatic carbocycles. The maximum Gasteiger partial charge on any atom is 0.246 e. The average molecular weight is 306 g/mol. The van der Waals surface area contributed by atoms with Gasteiger partial charge in [0.2, 0.25) is 15.3 Å². The summed E-state index contributed by atoms with van der Waals surface area (Å²) in [5.74, 6) is 0. The predicted octanol–water partition coefficient (Wildman–Crippen LogP) is 1.06. The van der Waals surface area contributed by atoms with Crippen LogP contribution in [-0.2, 0) is 10.0 Å². The minimum Gasteiger partial charge on any atom is -0.396 e. The Bertz CT molecular complexity index is 516. The molecule has 1 N–H and O–H groups in total. The summed E-state index contributed by atoms with van der Waals surface area (Å²) in [6.07, 6.45) is 5.61. The van der Waals surface area contributed by atoms with E-state index in [9.17, 15) is 8.42 Å². The van der Waals surface area contributed by atoms with Crippen LogP contribution in [0.2, 0.25) is 5.28 Å². The fraction of sp³-hybridized carbons (Fsp3) is 0.636. The zero-order valence-electron chi connectivity index (χ0n) is 10.4. The lowest BCUT2D eigenvalue weighted by Crippen LogP contribution is -2.44. The molecule has 1 aliphatic rings. The van der Waals surface area contributed by atoms with E-state index in [1.807, 2.05) is 0 Å². The van der Waals surface area contributed by atoms with Crippen LogP contribution >= 0.6 is 11.6 Å². The highest BCUT2D eigenvalue weighted by Crippen LogP contribution is 2.29. The molecule has 1 aromatic heterocycles. The lowest BCUT2D eigenvalue weighted by molar-refractivity contribution is 0.198. The van der Waals surface area contributed by atoms with Gasteiger partial charge in [0.1, 0.15) is 4.90 Å². The van der Waals surface area contributed by atoms with Crippen LogP contribution < -0.4 is 0 Å². The quantitative estimate of drug-likeness (QED) is 0.794. The standard InChI is InChI=1S/C11H16ClN3O3S/c12-11-13-7-10(8-14-11)19(17,18)15(5-2-6-16)9-3-1-4-9/h7-9,16H,1-6H2. The van der Waals surface area contributed by atoms with E-state index in [0.29, 0.717) is 13.0 Å². The van der Waals surface area contributed by atoms with Crippen LogP contribution in [0, 0.1) is 0 Å². The second-order valence-electron chi connectivity index (χ2n) is 4.47. The lowest BCUT2D eigenvalue weighted by Gasteiger charge is -2.36. The molecule has 0 radical (unpaired) electrons. The van der Waals surface area contributed by atoms with Crippen LogP contribution in [0.15, 0.2) is 17.3 Å². The summed E-state index contributed by atoms with van der Waals surface area (Å²) in [5.41, 5.74) is 0. The first-order chi connectivity index (χ1) is 9.05. The van der Waals surface area contributed by atoms with Gasteiger partial charge in [0, 0.05) is 19.2 Å². The number of aliphatic hydroxyl groups excluding tert-OH is 1. The van der Waals surface area contributed by atoms with Crippen molar-refractivity contribution in [1.29, 1.82) is 0 Å². The molecule has 1 aromatic rings. The minimum absolute atomic E-state index is 0.0181. The van der Waals surface area contributed by atoms with Gasteiger partial charge in [-0.2, -0.15) is 4.31 Å². The molecule has 0 aliphatic heterocycles. The van der Waals surface area contributed by atoms with Gasteiger partial charge in [-0.15, -0.1) is 0 Å². The molecular weight excluding hydrogens is 290 g/mol. The minimum atomic E-state index is -3.61. The first kappa shape index (κ1) is 14.6. The fourth-order valence-electron chi connectivity index (χ4n) is 1.97. The molecule has 6 nitrogen and oxygen atoms in total. The van der Waals surface area contributed by atoms with Crippen molar-refractivity contribution in [2.75, 3.05) is 13.2 Å². The molecule has 0 atom stereocenters. The Kier molecular flexibility index (Phi) is 4.72. The van der Waals surface area contributed by atoms with Crippen LogP contribution in [0.25, 0.3) is 0 Å². The summed E-state index contributed by atoms with van der Waals surface area (Å²) in [7, 11) is -3.61. The summed E-state index contributed by atoms with van der Waals surface area (Å²) in [6, 6.07) is 0.0206. The molecule has 1 aliphatic carbocycles. The number of hydrogen-bond donors (Lipinski definition) is 1. The number of sulfonamides is 1. The van der Waals surface area contributed by atoms with Gasteiger partial charge in [0.05, 0.1) is 12.4 Å². The monoisotopic (exact) mass is 305 g/mol. The molecule has 1 heterocycles. The van der Waals surface area contributed by atoms with Crippen LogP contribution in [-0.4, -0.2) is 47.0 Å². The third-order valence-corrected chi connectivity index (χ3v) is 5.32. The van der Waals surface area contributed by atoms with Crippen molar-refractivity contribution in [1.82, 2.24) is 14.3 Å². The highest BCUT2D eigenvalue weighted by molar-refractivity contribution is 7.89. The maximum atomic E-state index is 12.5. The van der Waals surface area contributed by atoms with E-state index in [0.717, 1.165) is 19.3 Å². The Hall–Kier alpha value is -0.760. The van der Waals surface area contributed by atoms with E-state index in [1.54, 1.807) is 0 Å². The van der Waals surface area contributed by atoms with Crippen LogP contribution in [0.4, 0.5) is 0 Å². The number of hydrogen-bond acceptors (Lipinski definition) is 5. The largest absolute Gasteiger partial charge is 0.396 e. The van der Waals surface area contributed by atoms with Crippen LogP contribution in [0.1, 0.15) is 25.7 Å². The number of nitrogens with zero attached hydrogens (tertiary/aromatic N) is 3. The van der Waals surface area contributed by atoms with E-state index in [4.69, 9.17) is 16.7 Å². The van der Waals surface area contributed by atoms with Crippen molar-refractivity contribution in [3.05, 3.63) is 17.7 Å². The second-order valence-corrected chi connectivity index (χ2v) is 6.69. The van der Waals surface area contributed by atoms with Gasteiger partial charge in [0.25, 0.3) is 0 Å². The first-order valence-electron chi connectivity index (χ1n) is 6.16. The number of halogens is 1. The fourth-order valence-corrected chi connectivity index (χ4v) is 3.68. The topological polar surface area (TPSA) is 83.4 Å². The van der Waals surface area contributed by atoms with Gasteiger partial charge >= 0.3 is 0 Å². The van der Waals surface area contributed by atoms with E-state index < -0.39 is 10.0 Å². The third-order valence-electron chi connectivity index (χ3n) is 3.22. The van der Waals surface area contributed by atoms with E-state index in [2.05, 4.69) is 9.97 Å². The Morgan fingerprint density at radius 3 is 2.47 bits per heavy atom. The van der Waals surface area contributed by atoms with Crippen molar-refractivity contribution >= 4 is 21.6 Å². The molecule has 0 amide bonds. The summed E-state index contributed by atoms with van der Waals surface area (Å²) in [5, 5.41) is 8.91. The summed E-state index contributed by atoms with van der Waals surface area (Å²) < 4.78 is 26.5. The molecule has 2 rings (SSSR count). The number of rotatable bonds is 6. The molecule has 0 unspecified atom stereocenters. The first-order valence-corrected chi connectivity index (χ1v) is 7.98. The SMILES string of the molecule is O=S(=O)(c1cnc(Cl)nc1)N(CCCO)C1CCC1. The number of aromatic nitrogens is 2. The van der Waals surface area contributed by atoms with Gasteiger partial charge in [-0.05, 0) is 30.9 Å². The van der Waals surface area contributed by atoms with Crippen LogP contribution in [0.5, 0.6) is 0 Å².